The standard InChI is InChI=1S/C18H26N4OS/c1-11(2)9-14-10-24-18-16(14)17(19-12(3)20-18)21-15-5-7-22(8-6-15)13(4)23/h10-11,15H,5-9H2,1-4H3,(H,19,20,21). The normalized spacial score (nSPS) is 16.1. The Labute approximate surface area is 147 Å². The van der Waals surface area contributed by atoms with Gasteiger partial charge in [-0.25, -0.2) is 9.97 Å². The molecule has 1 fully saturated rings. The first-order valence-electron chi connectivity index (χ1n) is 8.70. The number of nitrogens with zero attached hydrogens (tertiary/aromatic N) is 3. The van der Waals surface area contributed by atoms with Crippen molar-refractivity contribution in [3.63, 3.8) is 0 Å². The van der Waals surface area contributed by atoms with Crippen molar-refractivity contribution in [3.05, 3.63) is 16.8 Å². The van der Waals surface area contributed by atoms with E-state index in [0.717, 1.165) is 48.8 Å². The van der Waals surface area contributed by atoms with Gasteiger partial charge in [0.1, 0.15) is 16.5 Å². The Bertz CT molecular complexity index is 732. The third-order valence-electron chi connectivity index (χ3n) is 4.53. The van der Waals surface area contributed by atoms with Crippen molar-refractivity contribution in [1.29, 1.82) is 0 Å². The lowest BCUT2D eigenvalue weighted by Crippen LogP contribution is -2.41. The van der Waals surface area contributed by atoms with Gasteiger partial charge in [0.2, 0.25) is 5.91 Å². The Morgan fingerprint density at radius 3 is 2.71 bits per heavy atom. The lowest BCUT2D eigenvalue weighted by atomic mass is 10.0. The number of thiophene rings is 1. The highest BCUT2D eigenvalue weighted by molar-refractivity contribution is 7.17. The van der Waals surface area contributed by atoms with Crippen molar-refractivity contribution in [2.75, 3.05) is 18.4 Å². The SMILES string of the molecule is CC(=O)N1CCC(Nc2nc(C)nc3scc(CC(C)C)c23)CC1. The molecular formula is C18H26N4OS. The van der Waals surface area contributed by atoms with E-state index in [1.807, 2.05) is 11.8 Å². The fourth-order valence-corrected chi connectivity index (χ4v) is 4.33. The molecule has 6 heteroatoms. The molecule has 1 saturated heterocycles. The van der Waals surface area contributed by atoms with Crippen LogP contribution in [0, 0.1) is 12.8 Å². The van der Waals surface area contributed by atoms with Crippen molar-refractivity contribution in [1.82, 2.24) is 14.9 Å². The molecule has 3 rings (SSSR count). The fourth-order valence-electron chi connectivity index (χ4n) is 3.33. The Morgan fingerprint density at radius 2 is 2.08 bits per heavy atom. The Hall–Kier alpha value is -1.69. The van der Waals surface area contributed by atoms with Crippen LogP contribution in [0.2, 0.25) is 0 Å². The molecule has 0 aromatic carbocycles. The molecular weight excluding hydrogens is 320 g/mol. The minimum Gasteiger partial charge on any atom is -0.367 e. The highest BCUT2D eigenvalue weighted by Crippen LogP contribution is 2.32. The van der Waals surface area contributed by atoms with Crippen LogP contribution in [0.15, 0.2) is 5.38 Å². The number of nitrogens with one attached hydrogen (secondary N) is 1. The molecule has 0 radical (unpaired) electrons. The van der Waals surface area contributed by atoms with Gasteiger partial charge in [0.25, 0.3) is 0 Å². The number of hydrogen-bond donors (Lipinski definition) is 1. The molecule has 1 aliphatic heterocycles. The van der Waals surface area contributed by atoms with Gasteiger partial charge in [-0.15, -0.1) is 11.3 Å². The van der Waals surface area contributed by atoms with E-state index in [1.54, 1.807) is 18.3 Å². The molecule has 5 nitrogen and oxygen atoms in total. The molecule has 0 aliphatic carbocycles. The van der Waals surface area contributed by atoms with Crippen LogP contribution >= 0.6 is 11.3 Å². The fraction of sp³-hybridized carbons (Fsp3) is 0.611. The molecule has 1 aliphatic rings. The van der Waals surface area contributed by atoms with E-state index in [0.29, 0.717) is 12.0 Å². The summed E-state index contributed by atoms with van der Waals surface area (Å²) in [4.78, 5) is 23.8. The number of carbonyl (C=O) groups excluding carboxylic acids is 1. The Kier molecular flexibility index (Phi) is 5.04. The molecule has 0 bridgehead atoms. The van der Waals surface area contributed by atoms with E-state index < -0.39 is 0 Å². The van der Waals surface area contributed by atoms with E-state index in [9.17, 15) is 4.79 Å². The lowest BCUT2D eigenvalue weighted by Gasteiger charge is -2.32. The van der Waals surface area contributed by atoms with Crippen LogP contribution < -0.4 is 5.32 Å². The quantitative estimate of drug-likeness (QED) is 0.918. The number of carbonyl (C=O) groups is 1. The van der Waals surface area contributed by atoms with Crippen molar-refractivity contribution >= 4 is 33.3 Å². The zero-order chi connectivity index (χ0) is 17.3. The molecule has 24 heavy (non-hydrogen) atoms. The summed E-state index contributed by atoms with van der Waals surface area (Å²) in [6, 6.07) is 0.366. The molecule has 2 aromatic heterocycles. The second kappa shape index (κ2) is 7.05. The number of rotatable bonds is 4. The molecule has 130 valence electrons. The maximum atomic E-state index is 11.5. The zero-order valence-electron chi connectivity index (χ0n) is 14.9. The summed E-state index contributed by atoms with van der Waals surface area (Å²) in [6.45, 7) is 9.72. The third kappa shape index (κ3) is 3.69. The second-order valence-electron chi connectivity index (χ2n) is 7.08. The van der Waals surface area contributed by atoms with Crippen LogP contribution in [0.4, 0.5) is 5.82 Å². The van der Waals surface area contributed by atoms with E-state index in [1.165, 1.54) is 10.9 Å². The second-order valence-corrected chi connectivity index (χ2v) is 7.94. The number of anilines is 1. The first-order chi connectivity index (χ1) is 11.4. The van der Waals surface area contributed by atoms with E-state index in [-0.39, 0.29) is 5.91 Å². The van der Waals surface area contributed by atoms with Crippen LogP contribution in [-0.4, -0.2) is 39.9 Å². The Morgan fingerprint density at radius 1 is 1.38 bits per heavy atom. The summed E-state index contributed by atoms with van der Waals surface area (Å²) in [5.74, 6) is 2.56. The smallest absolute Gasteiger partial charge is 0.219 e. The minimum absolute atomic E-state index is 0.172. The summed E-state index contributed by atoms with van der Waals surface area (Å²) < 4.78 is 0. The molecule has 0 unspecified atom stereocenters. The average Bonchev–Trinajstić information content (AvgIpc) is 2.89. The molecule has 1 N–H and O–H groups in total. The van der Waals surface area contributed by atoms with Crippen LogP contribution in [0.5, 0.6) is 0 Å². The maximum Gasteiger partial charge on any atom is 0.219 e. The number of fused-ring (bicyclic) bond motifs is 1. The number of hydrogen-bond acceptors (Lipinski definition) is 5. The largest absolute Gasteiger partial charge is 0.367 e. The monoisotopic (exact) mass is 346 g/mol. The van der Waals surface area contributed by atoms with E-state index in [4.69, 9.17) is 4.98 Å². The van der Waals surface area contributed by atoms with Gasteiger partial charge in [-0.2, -0.15) is 0 Å². The molecule has 0 atom stereocenters. The molecule has 0 saturated carbocycles. The summed E-state index contributed by atoms with van der Waals surface area (Å²) in [5, 5.41) is 7.05. The highest BCUT2D eigenvalue weighted by Gasteiger charge is 2.22. The number of piperidine rings is 1. The zero-order valence-corrected chi connectivity index (χ0v) is 15.7. The van der Waals surface area contributed by atoms with E-state index in [2.05, 4.69) is 29.5 Å². The van der Waals surface area contributed by atoms with E-state index >= 15 is 0 Å². The van der Waals surface area contributed by atoms with Gasteiger partial charge < -0.3 is 10.2 Å². The molecule has 0 spiro atoms. The first-order valence-corrected chi connectivity index (χ1v) is 9.58. The van der Waals surface area contributed by atoms with Crippen LogP contribution in [0.25, 0.3) is 10.2 Å². The van der Waals surface area contributed by atoms with Gasteiger partial charge in [-0.05, 0) is 43.0 Å². The van der Waals surface area contributed by atoms with Gasteiger partial charge in [-0.1, -0.05) is 13.8 Å². The highest BCUT2D eigenvalue weighted by atomic mass is 32.1. The first kappa shape index (κ1) is 17.1. The number of aryl methyl sites for hydroxylation is 1. The lowest BCUT2D eigenvalue weighted by molar-refractivity contribution is -0.129. The summed E-state index contributed by atoms with van der Waals surface area (Å²) in [7, 11) is 0. The number of amides is 1. The third-order valence-corrected chi connectivity index (χ3v) is 5.45. The van der Waals surface area contributed by atoms with Crippen molar-refractivity contribution in [3.8, 4) is 0 Å². The Balaban J connectivity index is 1.83. The molecule has 2 aromatic rings. The molecule has 3 heterocycles. The number of aromatic nitrogens is 2. The summed E-state index contributed by atoms with van der Waals surface area (Å²) in [5.41, 5.74) is 1.34. The van der Waals surface area contributed by atoms with Gasteiger partial charge >= 0.3 is 0 Å². The van der Waals surface area contributed by atoms with Crippen LogP contribution in [-0.2, 0) is 11.2 Å². The summed E-state index contributed by atoms with van der Waals surface area (Å²) >= 11 is 1.71. The predicted molar refractivity (Wildman–Crippen MR) is 99.6 cm³/mol. The number of likely N-dealkylation sites (tertiary alicyclic amines) is 1. The maximum absolute atomic E-state index is 11.5. The van der Waals surface area contributed by atoms with Crippen molar-refractivity contribution in [2.24, 2.45) is 5.92 Å². The summed E-state index contributed by atoms with van der Waals surface area (Å²) in [6.07, 6.45) is 2.98. The molecule has 1 amide bonds. The van der Waals surface area contributed by atoms with Gasteiger partial charge in [0.15, 0.2) is 0 Å². The van der Waals surface area contributed by atoms with Crippen LogP contribution in [0.1, 0.15) is 45.0 Å². The van der Waals surface area contributed by atoms with Gasteiger partial charge in [-0.3, -0.25) is 4.79 Å². The van der Waals surface area contributed by atoms with Crippen molar-refractivity contribution in [2.45, 2.75) is 53.0 Å². The van der Waals surface area contributed by atoms with Gasteiger partial charge in [0.05, 0.1) is 5.39 Å². The topological polar surface area (TPSA) is 58.1 Å². The average molecular weight is 347 g/mol. The minimum atomic E-state index is 0.172. The van der Waals surface area contributed by atoms with Crippen LogP contribution in [0.3, 0.4) is 0 Å². The van der Waals surface area contributed by atoms with Crippen molar-refractivity contribution < 1.29 is 4.79 Å². The van der Waals surface area contributed by atoms with Gasteiger partial charge in [0, 0.05) is 26.1 Å². The predicted octanol–water partition coefficient (Wildman–Crippen LogP) is 3.62.